The molecule has 1 aromatic rings. The number of nitrogens with one attached hydrogen (secondary N) is 1. The molecule has 0 bridgehead atoms. The first-order chi connectivity index (χ1) is 8.56. The van der Waals surface area contributed by atoms with Crippen LogP contribution in [0.5, 0.6) is 0 Å². The summed E-state index contributed by atoms with van der Waals surface area (Å²) in [5.41, 5.74) is -2.03. The van der Waals surface area contributed by atoms with Gasteiger partial charge in [-0.2, -0.15) is 5.26 Å². The lowest BCUT2D eigenvalue weighted by atomic mass is 9.86. The first-order valence-electron chi connectivity index (χ1n) is 5.24. The van der Waals surface area contributed by atoms with Gasteiger partial charge in [-0.15, -0.1) is 0 Å². The van der Waals surface area contributed by atoms with Gasteiger partial charge < -0.3 is 5.11 Å². The Morgan fingerprint density at radius 2 is 2.06 bits per heavy atom. The highest BCUT2D eigenvalue weighted by Crippen LogP contribution is 2.24. The van der Waals surface area contributed by atoms with Crippen molar-refractivity contribution >= 4 is 23.8 Å². The van der Waals surface area contributed by atoms with Gasteiger partial charge >= 0.3 is 5.97 Å². The summed E-state index contributed by atoms with van der Waals surface area (Å²) in [6, 6.07) is 10.5. The molecule has 0 saturated heterocycles. The third kappa shape index (κ3) is 2.81. The maximum Gasteiger partial charge on any atom is 0.333 e. The molecule has 0 aliphatic rings. The van der Waals surface area contributed by atoms with E-state index in [4.69, 9.17) is 10.4 Å². The highest BCUT2D eigenvalue weighted by molar-refractivity contribution is 7.98. The zero-order valence-electron chi connectivity index (χ0n) is 9.71. The minimum Gasteiger partial charge on any atom is -0.480 e. The number of benzene rings is 1. The van der Waals surface area contributed by atoms with Crippen LogP contribution in [0.25, 0.3) is 0 Å². The van der Waals surface area contributed by atoms with Gasteiger partial charge in [0.15, 0.2) is 0 Å². The molecule has 6 heteroatoms. The quantitative estimate of drug-likeness (QED) is 0.625. The van der Waals surface area contributed by atoms with Crippen molar-refractivity contribution in [2.75, 3.05) is 0 Å². The molecule has 2 N–H and O–H groups in total. The van der Waals surface area contributed by atoms with Crippen molar-refractivity contribution in [3.63, 3.8) is 0 Å². The second-order valence-corrected chi connectivity index (χ2v) is 4.40. The zero-order chi connectivity index (χ0) is 13.6. The van der Waals surface area contributed by atoms with Gasteiger partial charge in [-0.1, -0.05) is 25.1 Å². The molecule has 0 fully saturated rings. The number of nitriles is 1. The first-order valence-corrected chi connectivity index (χ1v) is 6.05. The average molecular weight is 264 g/mol. The van der Waals surface area contributed by atoms with Gasteiger partial charge in [0.2, 0.25) is 5.41 Å². The van der Waals surface area contributed by atoms with Gasteiger partial charge in [-0.3, -0.25) is 9.52 Å². The van der Waals surface area contributed by atoms with Gasteiger partial charge in [0, 0.05) is 4.90 Å². The molecule has 1 amide bonds. The first kappa shape index (κ1) is 14.1. The van der Waals surface area contributed by atoms with E-state index in [1.165, 1.54) is 6.92 Å². The lowest BCUT2D eigenvalue weighted by Gasteiger charge is -2.18. The molecule has 1 atom stereocenters. The molecule has 0 radical (unpaired) electrons. The van der Waals surface area contributed by atoms with Crippen LogP contribution in [0.3, 0.4) is 0 Å². The Labute approximate surface area is 109 Å². The third-order valence-electron chi connectivity index (χ3n) is 2.48. The number of aliphatic carboxylic acids is 1. The third-order valence-corrected chi connectivity index (χ3v) is 3.27. The summed E-state index contributed by atoms with van der Waals surface area (Å²) in [7, 11) is 0. The van der Waals surface area contributed by atoms with E-state index in [2.05, 4.69) is 4.72 Å². The fourth-order valence-corrected chi connectivity index (χ4v) is 1.95. The number of nitrogens with zero attached hydrogens (tertiary/aromatic N) is 1. The van der Waals surface area contributed by atoms with Gasteiger partial charge in [0.05, 0.1) is 6.07 Å². The number of carboxylic acids is 1. The molecule has 1 rings (SSSR count). The normalized spacial score (nSPS) is 13.1. The summed E-state index contributed by atoms with van der Waals surface area (Å²) < 4.78 is 2.40. The highest BCUT2D eigenvalue weighted by atomic mass is 32.2. The molecule has 0 aliphatic heterocycles. The molecule has 5 nitrogen and oxygen atoms in total. The maximum absolute atomic E-state index is 11.8. The minimum absolute atomic E-state index is 0.0833. The molecule has 0 spiro atoms. The number of carbonyl (C=O) groups is 2. The van der Waals surface area contributed by atoms with Crippen LogP contribution in [0.4, 0.5) is 0 Å². The zero-order valence-corrected chi connectivity index (χ0v) is 10.5. The summed E-state index contributed by atoms with van der Waals surface area (Å²) >= 11 is 0.990. The predicted molar refractivity (Wildman–Crippen MR) is 66.4 cm³/mol. The fourth-order valence-electron chi connectivity index (χ4n) is 1.27. The van der Waals surface area contributed by atoms with Crippen molar-refractivity contribution in [3.05, 3.63) is 30.3 Å². The number of hydrogen-bond donors (Lipinski definition) is 2. The summed E-state index contributed by atoms with van der Waals surface area (Å²) in [6.45, 7) is 1.49. The number of amides is 1. The molecule has 94 valence electrons. The van der Waals surface area contributed by atoms with Gasteiger partial charge in [0.1, 0.15) is 0 Å². The summed E-state index contributed by atoms with van der Waals surface area (Å²) in [4.78, 5) is 23.6. The average Bonchev–Trinajstić information content (AvgIpc) is 2.39. The number of rotatable bonds is 5. The van der Waals surface area contributed by atoms with Gasteiger partial charge in [-0.05, 0) is 30.5 Å². The topological polar surface area (TPSA) is 90.2 Å². The van der Waals surface area contributed by atoms with E-state index in [0.29, 0.717) is 0 Å². The van der Waals surface area contributed by atoms with Crippen LogP contribution >= 0.6 is 11.9 Å². The van der Waals surface area contributed by atoms with E-state index in [0.717, 1.165) is 16.8 Å². The molecule has 18 heavy (non-hydrogen) atoms. The van der Waals surface area contributed by atoms with Crippen LogP contribution < -0.4 is 4.72 Å². The second-order valence-electron chi connectivity index (χ2n) is 3.52. The smallest absolute Gasteiger partial charge is 0.333 e. The van der Waals surface area contributed by atoms with Crippen molar-refractivity contribution in [2.24, 2.45) is 5.41 Å². The number of hydrogen-bond acceptors (Lipinski definition) is 4. The Hall–Kier alpha value is -2.00. The van der Waals surface area contributed by atoms with Gasteiger partial charge in [-0.25, -0.2) is 4.79 Å². The monoisotopic (exact) mass is 264 g/mol. The van der Waals surface area contributed by atoms with Crippen molar-refractivity contribution in [1.29, 1.82) is 5.26 Å². The molecule has 1 unspecified atom stereocenters. The van der Waals surface area contributed by atoms with Crippen molar-refractivity contribution < 1.29 is 14.7 Å². The lowest BCUT2D eigenvalue weighted by Crippen LogP contribution is -2.43. The van der Waals surface area contributed by atoms with E-state index < -0.39 is 17.3 Å². The Kier molecular flexibility index (Phi) is 4.75. The van der Waals surface area contributed by atoms with Crippen molar-refractivity contribution in [3.8, 4) is 6.07 Å². The van der Waals surface area contributed by atoms with Crippen LogP contribution in [-0.2, 0) is 9.59 Å². The highest BCUT2D eigenvalue weighted by Gasteiger charge is 2.45. The minimum atomic E-state index is -2.03. The van der Waals surface area contributed by atoms with Crippen LogP contribution in [0.15, 0.2) is 35.2 Å². The molecule has 1 aromatic carbocycles. The van der Waals surface area contributed by atoms with Crippen LogP contribution in [0.2, 0.25) is 0 Å². The molecular formula is C12H12N2O3S. The van der Waals surface area contributed by atoms with Gasteiger partial charge in [0.25, 0.3) is 5.91 Å². The van der Waals surface area contributed by atoms with E-state index in [1.807, 2.05) is 6.07 Å². The van der Waals surface area contributed by atoms with E-state index in [9.17, 15) is 9.59 Å². The molecule has 0 heterocycles. The van der Waals surface area contributed by atoms with E-state index in [-0.39, 0.29) is 6.42 Å². The van der Waals surface area contributed by atoms with Crippen molar-refractivity contribution in [2.45, 2.75) is 18.2 Å². The maximum atomic E-state index is 11.8. The largest absolute Gasteiger partial charge is 0.480 e. The summed E-state index contributed by atoms with van der Waals surface area (Å²) in [6.07, 6.45) is -0.0833. The van der Waals surface area contributed by atoms with Crippen molar-refractivity contribution in [1.82, 2.24) is 4.72 Å². The van der Waals surface area contributed by atoms with Crippen LogP contribution in [0, 0.1) is 16.7 Å². The van der Waals surface area contributed by atoms with Crippen LogP contribution in [0.1, 0.15) is 13.3 Å². The standard InChI is InChI=1S/C12H12N2O3S/c1-2-12(8-13,11(16)17)10(15)14-18-9-6-4-3-5-7-9/h3-7H,2H2,1H3,(H,14,15)(H,16,17). The number of carboxylic acid groups (broad SMARTS) is 1. The fraction of sp³-hybridized carbons (Fsp3) is 0.250. The predicted octanol–water partition coefficient (Wildman–Crippen LogP) is 1.81. The van der Waals surface area contributed by atoms with E-state index in [1.54, 1.807) is 30.3 Å². The lowest BCUT2D eigenvalue weighted by molar-refractivity contribution is -0.151. The SMILES string of the molecule is CCC(C#N)(C(=O)O)C(=O)NSc1ccccc1. The summed E-state index contributed by atoms with van der Waals surface area (Å²) in [5, 5.41) is 17.9. The molecule has 0 aromatic heterocycles. The number of carbonyl (C=O) groups excluding carboxylic acids is 1. The Balaban J connectivity index is 2.76. The Morgan fingerprint density at radius 3 is 2.50 bits per heavy atom. The molecule has 0 saturated carbocycles. The summed E-state index contributed by atoms with van der Waals surface area (Å²) in [5.74, 6) is -2.24. The Morgan fingerprint density at radius 1 is 1.44 bits per heavy atom. The molecular weight excluding hydrogens is 252 g/mol. The Bertz CT molecular complexity index is 484. The van der Waals surface area contributed by atoms with Crippen LogP contribution in [-0.4, -0.2) is 17.0 Å². The molecule has 0 aliphatic carbocycles. The second kappa shape index (κ2) is 6.07. The van der Waals surface area contributed by atoms with E-state index >= 15 is 0 Å².